The summed E-state index contributed by atoms with van der Waals surface area (Å²) in [5.41, 5.74) is 0.979. The average molecular weight is 308 g/mol. The van der Waals surface area contributed by atoms with Gasteiger partial charge in [0.2, 0.25) is 0 Å². The highest BCUT2D eigenvalue weighted by Crippen LogP contribution is 2.19. The van der Waals surface area contributed by atoms with E-state index in [2.05, 4.69) is 10.3 Å². The van der Waals surface area contributed by atoms with E-state index in [0.29, 0.717) is 11.4 Å². The van der Waals surface area contributed by atoms with Crippen molar-refractivity contribution < 1.29 is 14.3 Å². The standard InChI is InChI=1S/C18H16N2O3/c1-12(23-18(22)16-7-4-10-19-16)17(21)20-15-9-8-13-5-2-3-6-14(13)11-15/h2-12,19H,1H3,(H,20,21)/t12-/m0/s1. The van der Waals surface area contributed by atoms with Crippen molar-refractivity contribution in [2.45, 2.75) is 13.0 Å². The Hall–Kier alpha value is -3.08. The molecule has 1 heterocycles. The third-order valence-corrected chi connectivity index (χ3v) is 3.49. The molecule has 0 aliphatic carbocycles. The molecule has 0 saturated carbocycles. The van der Waals surface area contributed by atoms with Gasteiger partial charge in [0.15, 0.2) is 6.10 Å². The number of ether oxygens (including phenoxy) is 1. The number of hydrogen-bond donors (Lipinski definition) is 2. The number of H-pyrrole nitrogens is 1. The molecule has 0 aliphatic rings. The van der Waals surface area contributed by atoms with E-state index >= 15 is 0 Å². The van der Waals surface area contributed by atoms with Crippen LogP contribution in [0.2, 0.25) is 0 Å². The molecule has 2 N–H and O–H groups in total. The van der Waals surface area contributed by atoms with E-state index in [1.807, 2.05) is 42.5 Å². The second-order valence-corrected chi connectivity index (χ2v) is 5.18. The zero-order chi connectivity index (χ0) is 16.2. The SMILES string of the molecule is C[C@H](OC(=O)c1ccc[nH]1)C(=O)Nc1ccc2ccccc2c1. The number of amides is 1. The lowest BCUT2D eigenvalue weighted by Gasteiger charge is -2.13. The van der Waals surface area contributed by atoms with Gasteiger partial charge in [-0.15, -0.1) is 0 Å². The van der Waals surface area contributed by atoms with Gasteiger partial charge in [-0.3, -0.25) is 4.79 Å². The summed E-state index contributed by atoms with van der Waals surface area (Å²) in [6, 6.07) is 16.8. The molecule has 3 aromatic rings. The predicted octanol–water partition coefficient (Wildman–Crippen LogP) is 3.35. The molecule has 3 rings (SSSR count). The summed E-state index contributed by atoms with van der Waals surface area (Å²) in [5.74, 6) is -0.934. The first-order chi connectivity index (χ1) is 11.1. The number of esters is 1. The largest absolute Gasteiger partial charge is 0.448 e. The van der Waals surface area contributed by atoms with Gasteiger partial charge in [0.25, 0.3) is 5.91 Å². The van der Waals surface area contributed by atoms with Crippen molar-refractivity contribution in [2.24, 2.45) is 0 Å². The topological polar surface area (TPSA) is 71.2 Å². The molecule has 1 atom stereocenters. The van der Waals surface area contributed by atoms with Gasteiger partial charge < -0.3 is 15.0 Å². The molecular weight excluding hydrogens is 292 g/mol. The first-order valence-electron chi connectivity index (χ1n) is 7.27. The summed E-state index contributed by atoms with van der Waals surface area (Å²) in [7, 11) is 0. The third kappa shape index (κ3) is 3.40. The Bertz CT molecular complexity index is 840. The molecule has 0 bridgehead atoms. The number of hydrogen-bond acceptors (Lipinski definition) is 3. The number of aromatic amines is 1. The lowest BCUT2D eigenvalue weighted by molar-refractivity contribution is -0.123. The van der Waals surface area contributed by atoms with E-state index in [0.717, 1.165) is 10.8 Å². The van der Waals surface area contributed by atoms with Crippen molar-refractivity contribution in [2.75, 3.05) is 5.32 Å². The molecule has 1 amide bonds. The molecule has 116 valence electrons. The van der Waals surface area contributed by atoms with Crippen LogP contribution in [0.3, 0.4) is 0 Å². The summed E-state index contributed by atoms with van der Waals surface area (Å²) in [6.07, 6.45) is 0.730. The van der Waals surface area contributed by atoms with E-state index < -0.39 is 12.1 Å². The van der Waals surface area contributed by atoms with Crippen LogP contribution in [0, 0.1) is 0 Å². The number of anilines is 1. The zero-order valence-electron chi connectivity index (χ0n) is 12.6. The van der Waals surface area contributed by atoms with Gasteiger partial charge in [0.1, 0.15) is 5.69 Å². The van der Waals surface area contributed by atoms with Crippen molar-refractivity contribution >= 4 is 28.3 Å². The van der Waals surface area contributed by atoms with Crippen LogP contribution < -0.4 is 5.32 Å². The molecule has 2 aromatic carbocycles. The highest BCUT2D eigenvalue weighted by molar-refractivity contribution is 5.98. The first kappa shape index (κ1) is 14.8. The lowest BCUT2D eigenvalue weighted by atomic mass is 10.1. The number of fused-ring (bicyclic) bond motifs is 1. The molecule has 0 aliphatic heterocycles. The Labute approximate surface area is 133 Å². The molecule has 0 spiro atoms. The number of carbonyl (C=O) groups excluding carboxylic acids is 2. The highest BCUT2D eigenvalue weighted by atomic mass is 16.5. The van der Waals surface area contributed by atoms with Crippen molar-refractivity contribution in [3.63, 3.8) is 0 Å². The summed E-state index contributed by atoms with van der Waals surface area (Å²) >= 11 is 0. The maximum absolute atomic E-state index is 12.2. The van der Waals surface area contributed by atoms with Crippen LogP contribution in [0.4, 0.5) is 5.69 Å². The summed E-state index contributed by atoms with van der Waals surface area (Å²) in [6.45, 7) is 1.54. The van der Waals surface area contributed by atoms with Crippen molar-refractivity contribution in [3.05, 3.63) is 66.5 Å². The molecule has 0 unspecified atom stereocenters. The van der Waals surface area contributed by atoms with Crippen molar-refractivity contribution in [3.8, 4) is 0 Å². The average Bonchev–Trinajstić information content (AvgIpc) is 3.09. The van der Waals surface area contributed by atoms with Gasteiger partial charge in [-0.25, -0.2) is 4.79 Å². The fraction of sp³-hybridized carbons (Fsp3) is 0.111. The minimum absolute atomic E-state index is 0.315. The van der Waals surface area contributed by atoms with E-state index in [9.17, 15) is 9.59 Å². The molecule has 0 saturated heterocycles. The van der Waals surface area contributed by atoms with Gasteiger partial charge in [-0.05, 0) is 42.0 Å². The highest BCUT2D eigenvalue weighted by Gasteiger charge is 2.19. The number of benzene rings is 2. The normalized spacial score (nSPS) is 11.9. The van der Waals surface area contributed by atoms with Gasteiger partial charge in [-0.2, -0.15) is 0 Å². The molecular formula is C18H16N2O3. The van der Waals surface area contributed by atoms with Crippen molar-refractivity contribution in [1.82, 2.24) is 4.98 Å². The van der Waals surface area contributed by atoms with E-state index in [1.54, 1.807) is 18.3 Å². The monoisotopic (exact) mass is 308 g/mol. The van der Waals surface area contributed by atoms with Crippen LogP contribution in [0.1, 0.15) is 17.4 Å². The van der Waals surface area contributed by atoms with Crippen LogP contribution in [0.15, 0.2) is 60.8 Å². The molecule has 5 nitrogen and oxygen atoms in total. The Morgan fingerprint density at radius 1 is 1.04 bits per heavy atom. The number of aromatic nitrogens is 1. The van der Waals surface area contributed by atoms with Crippen LogP contribution >= 0.6 is 0 Å². The summed E-state index contributed by atoms with van der Waals surface area (Å²) in [4.78, 5) is 26.7. The Morgan fingerprint density at radius 2 is 1.83 bits per heavy atom. The number of nitrogens with one attached hydrogen (secondary N) is 2. The van der Waals surface area contributed by atoms with Crippen LogP contribution in [0.25, 0.3) is 10.8 Å². The fourth-order valence-corrected chi connectivity index (χ4v) is 2.25. The predicted molar refractivity (Wildman–Crippen MR) is 88.2 cm³/mol. The minimum atomic E-state index is -0.891. The quantitative estimate of drug-likeness (QED) is 0.726. The number of carbonyl (C=O) groups is 2. The maximum Gasteiger partial charge on any atom is 0.355 e. The lowest BCUT2D eigenvalue weighted by Crippen LogP contribution is -2.30. The molecule has 1 aromatic heterocycles. The maximum atomic E-state index is 12.2. The second-order valence-electron chi connectivity index (χ2n) is 5.18. The summed E-state index contributed by atoms with van der Waals surface area (Å²) < 4.78 is 5.13. The summed E-state index contributed by atoms with van der Waals surface area (Å²) in [5, 5.41) is 4.88. The van der Waals surface area contributed by atoms with Crippen LogP contribution in [-0.4, -0.2) is 23.0 Å². The Balaban J connectivity index is 1.66. The third-order valence-electron chi connectivity index (χ3n) is 3.49. The van der Waals surface area contributed by atoms with Crippen molar-refractivity contribution in [1.29, 1.82) is 0 Å². The molecule has 23 heavy (non-hydrogen) atoms. The van der Waals surface area contributed by atoms with E-state index in [-0.39, 0.29) is 5.91 Å². The Morgan fingerprint density at radius 3 is 2.57 bits per heavy atom. The van der Waals surface area contributed by atoms with Crippen LogP contribution in [0.5, 0.6) is 0 Å². The first-order valence-corrected chi connectivity index (χ1v) is 7.27. The molecule has 5 heteroatoms. The van der Waals surface area contributed by atoms with Gasteiger partial charge in [0, 0.05) is 11.9 Å². The van der Waals surface area contributed by atoms with Gasteiger partial charge in [0.05, 0.1) is 0 Å². The van der Waals surface area contributed by atoms with Gasteiger partial charge in [-0.1, -0.05) is 30.3 Å². The number of rotatable bonds is 4. The second kappa shape index (κ2) is 6.36. The van der Waals surface area contributed by atoms with Crippen LogP contribution in [-0.2, 0) is 9.53 Å². The smallest absolute Gasteiger partial charge is 0.355 e. The molecule has 0 fully saturated rings. The fourth-order valence-electron chi connectivity index (χ4n) is 2.25. The molecule has 0 radical (unpaired) electrons. The van der Waals surface area contributed by atoms with E-state index in [1.165, 1.54) is 6.92 Å². The van der Waals surface area contributed by atoms with E-state index in [4.69, 9.17) is 4.74 Å². The Kier molecular flexibility index (Phi) is 4.10. The minimum Gasteiger partial charge on any atom is -0.448 e. The zero-order valence-corrected chi connectivity index (χ0v) is 12.6. The van der Waals surface area contributed by atoms with Gasteiger partial charge >= 0.3 is 5.97 Å².